The van der Waals surface area contributed by atoms with Gasteiger partial charge in [0.25, 0.3) is 0 Å². The number of hydrogen-bond donors (Lipinski definition) is 0. The SMILES string of the molecule is CCCCOC(=O)C(CC)C(CC(C)C)C(=O)OCCCC. The van der Waals surface area contributed by atoms with Crippen LogP contribution in [-0.2, 0) is 19.1 Å². The fraction of sp³-hybridized carbons (Fsp3) is 0.889. The van der Waals surface area contributed by atoms with E-state index in [1.54, 1.807) is 0 Å². The quantitative estimate of drug-likeness (QED) is 0.397. The number of unbranched alkanes of at least 4 members (excludes halogenated alkanes) is 2. The first-order valence-electron chi connectivity index (χ1n) is 8.81. The maximum Gasteiger partial charge on any atom is 0.309 e. The van der Waals surface area contributed by atoms with Gasteiger partial charge in [0, 0.05) is 0 Å². The summed E-state index contributed by atoms with van der Waals surface area (Å²) in [5, 5.41) is 0. The summed E-state index contributed by atoms with van der Waals surface area (Å²) in [7, 11) is 0. The van der Waals surface area contributed by atoms with Gasteiger partial charge in [-0.05, 0) is 31.6 Å². The molecule has 0 spiro atoms. The second-order valence-electron chi connectivity index (χ2n) is 6.29. The van der Waals surface area contributed by atoms with Crippen molar-refractivity contribution in [2.24, 2.45) is 17.8 Å². The summed E-state index contributed by atoms with van der Waals surface area (Å²) in [6.45, 7) is 11.0. The molecule has 2 unspecified atom stereocenters. The predicted octanol–water partition coefficient (Wildman–Crippen LogP) is 4.36. The molecule has 0 aromatic rings. The Labute approximate surface area is 135 Å². The molecule has 0 radical (unpaired) electrons. The Morgan fingerprint density at radius 3 is 1.64 bits per heavy atom. The molecule has 0 aromatic carbocycles. The second kappa shape index (κ2) is 12.5. The minimum absolute atomic E-state index is 0.249. The third-order valence-electron chi connectivity index (χ3n) is 3.74. The number of hydrogen-bond acceptors (Lipinski definition) is 4. The third-order valence-corrected chi connectivity index (χ3v) is 3.74. The van der Waals surface area contributed by atoms with E-state index in [1.807, 2.05) is 6.92 Å². The summed E-state index contributed by atoms with van der Waals surface area (Å²) in [6.07, 6.45) is 4.95. The molecule has 0 saturated carbocycles. The minimum atomic E-state index is -0.395. The first-order chi connectivity index (χ1) is 10.5. The van der Waals surface area contributed by atoms with E-state index in [9.17, 15) is 9.59 Å². The van der Waals surface area contributed by atoms with Gasteiger partial charge >= 0.3 is 11.9 Å². The lowest BCUT2D eigenvalue weighted by atomic mass is 9.83. The van der Waals surface area contributed by atoms with Crippen LogP contribution in [-0.4, -0.2) is 25.2 Å². The Morgan fingerprint density at radius 1 is 0.818 bits per heavy atom. The van der Waals surface area contributed by atoms with Crippen LogP contribution < -0.4 is 0 Å². The van der Waals surface area contributed by atoms with E-state index in [4.69, 9.17) is 9.47 Å². The van der Waals surface area contributed by atoms with Gasteiger partial charge in [-0.25, -0.2) is 0 Å². The maximum atomic E-state index is 12.4. The molecular formula is C18H34O4. The molecule has 0 fully saturated rings. The smallest absolute Gasteiger partial charge is 0.309 e. The van der Waals surface area contributed by atoms with Crippen LogP contribution >= 0.6 is 0 Å². The summed E-state index contributed by atoms with van der Waals surface area (Å²) in [5.74, 6) is -0.957. The average Bonchev–Trinajstić information content (AvgIpc) is 2.47. The fourth-order valence-corrected chi connectivity index (χ4v) is 2.40. The highest BCUT2D eigenvalue weighted by molar-refractivity contribution is 5.82. The summed E-state index contributed by atoms with van der Waals surface area (Å²) in [6, 6.07) is 0. The molecule has 4 heteroatoms. The zero-order chi connectivity index (χ0) is 17.0. The summed E-state index contributed by atoms with van der Waals surface area (Å²) < 4.78 is 10.7. The molecule has 0 bridgehead atoms. The normalized spacial score (nSPS) is 13.7. The van der Waals surface area contributed by atoms with E-state index in [0.29, 0.717) is 32.0 Å². The topological polar surface area (TPSA) is 52.6 Å². The van der Waals surface area contributed by atoms with E-state index in [0.717, 1.165) is 25.7 Å². The largest absolute Gasteiger partial charge is 0.465 e. The molecule has 0 aliphatic rings. The van der Waals surface area contributed by atoms with E-state index < -0.39 is 11.8 Å². The molecule has 0 saturated heterocycles. The van der Waals surface area contributed by atoms with Gasteiger partial charge in [-0.3, -0.25) is 9.59 Å². The molecule has 2 atom stereocenters. The van der Waals surface area contributed by atoms with E-state index in [-0.39, 0.29) is 11.9 Å². The van der Waals surface area contributed by atoms with Crippen molar-refractivity contribution < 1.29 is 19.1 Å². The fourth-order valence-electron chi connectivity index (χ4n) is 2.40. The van der Waals surface area contributed by atoms with Gasteiger partial charge in [-0.15, -0.1) is 0 Å². The Bertz CT molecular complexity index is 312. The van der Waals surface area contributed by atoms with Crippen molar-refractivity contribution in [1.29, 1.82) is 0 Å². The lowest BCUT2D eigenvalue weighted by Gasteiger charge is -2.24. The monoisotopic (exact) mass is 314 g/mol. The molecule has 22 heavy (non-hydrogen) atoms. The zero-order valence-corrected chi connectivity index (χ0v) is 15.0. The second-order valence-corrected chi connectivity index (χ2v) is 6.29. The number of carbonyl (C=O) groups excluding carboxylic acids is 2. The van der Waals surface area contributed by atoms with Gasteiger partial charge < -0.3 is 9.47 Å². The molecule has 0 N–H and O–H groups in total. The standard InChI is InChI=1S/C18H34O4/c1-6-9-11-21-17(19)15(8-3)16(13-14(4)5)18(20)22-12-10-7-2/h14-16H,6-13H2,1-5H3. The predicted molar refractivity (Wildman–Crippen MR) is 88.5 cm³/mol. The van der Waals surface area contributed by atoms with Gasteiger partial charge in [0.2, 0.25) is 0 Å². The van der Waals surface area contributed by atoms with Crippen LogP contribution in [0, 0.1) is 17.8 Å². The third kappa shape index (κ3) is 8.40. The van der Waals surface area contributed by atoms with Crippen LogP contribution in [0.2, 0.25) is 0 Å². The van der Waals surface area contributed by atoms with Crippen LogP contribution in [0.3, 0.4) is 0 Å². The van der Waals surface area contributed by atoms with Crippen LogP contribution in [0.5, 0.6) is 0 Å². The molecule has 0 rings (SSSR count). The highest BCUT2D eigenvalue weighted by atomic mass is 16.5. The van der Waals surface area contributed by atoms with Gasteiger partial charge in [0.15, 0.2) is 0 Å². The van der Waals surface area contributed by atoms with Crippen LogP contribution in [0.15, 0.2) is 0 Å². The molecular weight excluding hydrogens is 280 g/mol. The van der Waals surface area contributed by atoms with Crippen LogP contribution in [0.1, 0.15) is 73.1 Å². The zero-order valence-electron chi connectivity index (χ0n) is 15.0. The Balaban J connectivity index is 4.78. The highest BCUT2D eigenvalue weighted by Crippen LogP contribution is 2.26. The van der Waals surface area contributed by atoms with Crippen molar-refractivity contribution in [3.63, 3.8) is 0 Å². The van der Waals surface area contributed by atoms with Gasteiger partial charge in [0.1, 0.15) is 0 Å². The summed E-state index contributed by atoms with van der Waals surface area (Å²) in [4.78, 5) is 24.6. The molecule has 0 heterocycles. The summed E-state index contributed by atoms with van der Waals surface area (Å²) in [5.41, 5.74) is 0. The van der Waals surface area contributed by atoms with Gasteiger partial charge in [-0.1, -0.05) is 47.5 Å². The van der Waals surface area contributed by atoms with Crippen molar-refractivity contribution in [3.05, 3.63) is 0 Å². The number of esters is 2. The van der Waals surface area contributed by atoms with Crippen LogP contribution in [0.25, 0.3) is 0 Å². The maximum absolute atomic E-state index is 12.4. The number of ether oxygens (including phenoxy) is 2. The average molecular weight is 314 g/mol. The lowest BCUT2D eigenvalue weighted by molar-refractivity contribution is -0.162. The molecule has 4 nitrogen and oxygen atoms in total. The van der Waals surface area contributed by atoms with Gasteiger partial charge in [-0.2, -0.15) is 0 Å². The first kappa shape index (κ1) is 20.9. The van der Waals surface area contributed by atoms with E-state index in [2.05, 4.69) is 27.7 Å². The van der Waals surface area contributed by atoms with Crippen molar-refractivity contribution in [1.82, 2.24) is 0 Å². The molecule has 0 aliphatic heterocycles. The highest BCUT2D eigenvalue weighted by Gasteiger charge is 2.35. The van der Waals surface area contributed by atoms with Gasteiger partial charge in [0.05, 0.1) is 25.0 Å². The molecule has 0 aliphatic carbocycles. The Hall–Kier alpha value is -1.06. The molecule has 0 aromatic heterocycles. The van der Waals surface area contributed by atoms with Crippen molar-refractivity contribution >= 4 is 11.9 Å². The molecule has 130 valence electrons. The van der Waals surface area contributed by atoms with Crippen molar-refractivity contribution in [2.45, 2.75) is 73.1 Å². The summed E-state index contributed by atoms with van der Waals surface area (Å²) >= 11 is 0. The Kier molecular flexibility index (Phi) is 11.9. The minimum Gasteiger partial charge on any atom is -0.465 e. The Morgan fingerprint density at radius 2 is 1.27 bits per heavy atom. The first-order valence-corrected chi connectivity index (χ1v) is 8.81. The number of carbonyl (C=O) groups is 2. The molecule has 0 amide bonds. The van der Waals surface area contributed by atoms with Crippen molar-refractivity contribution in [2.75, 3.05) is 13.2 Å². The van der Waals surface area contributed by atoms with Crippen molar-refractivity contribution in [3.8, 4) is 0 Å². The van der Waals surface area contributed by atoms with E-state index in [1.165, 1.54) is 0 Å². The van der Waals surface area contributed by atoms with Crippen LogP contribution in [0.4, 0.5) is 0 Å². The number of rotatable bonds is 12. The van der Waals surface area contributed by atoms with E-state index >= 15 is 0 Å². The lowest BCUT2D eigenvalue weighted by Crippen LogP contribution is -2.33.